The van der Waals surface area contributed by atoms with E-state index in [1.54, 1.807) is 0 Å². The van der Waals surface area contributed by atoms with Gasteiger partial charge in [0, 0.05) is 0 Å². The second-order valence-electron chi connectivity index (χ2n) is 3.19. The van der Waals surface area contributed by atoms with Crippen LogP contribution in [0.4, 0.5) is 13.2 Å². The molecule has 1 aromatic carbocycles. The topological polar surface area (TPSA) is 46.5 Å². The third-order valence-corrected chi connectivity index (χ3v) is 2.51. The Balaban J connectivity index is 2.72. The monoisotopic (exact) mass is 252 g/mol. The Hall–Kier alpha value is -1.27. The number of esters is 1. The molecule has 0 unspecified atom stereocenters. The van der Waals surface area contributed by atoms with E-state index in [9.17, 15) is 23.1 Å². The van der Waals surface area contributed by atoms with E-state index in [0.29, 0.717) is 0 Å². The Labute approximate surface area is 92.4 Å². The molecule has 3 nitrogen and oxygen atoms in total. The number of alkyl halides is 3. The lowest BCUT2D eigenvalue weighted by atomic mass is 10.0. The largest absolute Gasteiger partial charge is 0.460 e. The highest BCUT2D eigenvalue weighted by Crippen LogP contribution is 2.48. The zero-order valence-corrected chi connectivity index (χ0v) is 8.26. The molecule has 0 radical (unpaired) electrons. The van der Waals surface area contributed by atoms with Gasteiger partial charge in [0.05, 0.1) is 16.1 Å². The number of cyclic esters (lactones) is 1. The van der Waals surface area contributed by atoms with Gasteiger partial charge in [-0.1, -0.05) is 17.7 Å². The average molecular weight is 253 g/mol. The summed E-state index contributed by atoms with van der Waals surface area (Å²) in [6.45, 7) is 0. The molecule has 0 fully saturated rings. The van der Waals surface area contributed by atoms with Crippen molar-refractivity contribution < 1.29 is 27.8 Å². The molecular formula is C9H4ClF3O3. The first kappa shape index (κ1) is 11.2. The van der Waals surface area contributed by atoms with Crippen molar-refractivity contribution in [3.05, 3.63) is 34.3 Å². The summed E-state index contributed by atoms with van der Waals surface area (Å²) >= 11 is 5.53. The van der Waals surface area contributed by atoms with Crippen LogP contribution in [0.25, 0.3) is 0 Å². The zero-order chi connectivity index (χ0) is 12.1. The van der Waals surface area contributed by atoms with Gasteiger partial charge >= 0.3 is 17.9 Å². The predicted molar refractivity (Wildman–Crippen MR) is 46.8 cm³/mol. The van der Waals surface area contributed by atoms with Crippen LogP contribution in [0.15, 0.2) is 18.2 Å². The molecule has 1 aromatic rings. The van der Waals surface area contributed by atoms with Crippen molar-refractivity contribution >= 4 is 17.6 Å². The zero-order valence-electron chi connectivity index (χ0n) is 7.51. The fourth-order valence-electron chi connectivity index (χ4n) is 1.48. The lowest BCUT2D eigenvalue weighted by molar-refractivity contribution is -0.349. The van der Waals surface area contributed by atoms with Gasteiger partial charge in [0.2, 0.25) is 0 Å². The van der Waals surface area contributed by atoms with Crippen molar-refractivity contribution in [2.75, 3.05) is 0 Å². The van der Waals surface area contributed by atoms with Crippen LogP contribution in [0.2, 0.25) is 5.02 Å². The summed E-state index contributed by atoms with van der Waals surface area (Å²) in [6.07, 6.45) is -5.14. The Morgan fingerprint density at radius 3 is 2.56 bits per heavy atom. The van der Waals surface area contributed by atoms with Crippen LogP contribution in [0.5, 0.6) is 0 Å². The third-order valence-electron chi connectivity index (χ3n) is 2.20. The van der Waals surface area contributed by atoms with Gasteiger partial charge in [0.15, 0.2) is 0 Å². The summed E-state index contributed by atoms with van der Waals surface area (Å²) in [7, 11) is 0. The fourth-order valence-corrected chi connectivity index (χ4v) is 1.78. The summed E-state index contributed by atoms with van der Waals surface area (Å²) in [6, 6.07) is 3.54. The Morgan fingerprint density at radius 2 is 2.00 bits per heavy atom. The van der Waals surface area contributed by atoms with Crippen LogP contribution in [0.3, 0.4) is 0 Å². The predicted octanol–water partition coefficient (Wildman–Crippen LogP) is 2.22. The number of rotatable bonds is 0. The first-order chi connectivity index (χ1) is 7.27. The van der Waals surface area contributed by atoms with Crippen molar-refractivity contribution in [1.82, 2.24) is 0 Å². The lowest BCUT2D eigenvalue weighted by Crippen LogP contribution is -2.42. The van der Waals surface area contributed by atoms with Gasteiger partial charge in [-0.25, -0.2) is 4.79 Å². The molecule has 1 heterocycles. The Bertz CT molecular complexity index is 472. The molecule has 2 rings (SSSR count). The van der Waals surface area contributed by atoms with Gasteiger partial charge < -0.3 is 9.84 Å². The van der Waals surface area contributed by atoms with Crippen LogP contribution in [0.1, 0.15) is 15.9 Å². The standard InChI is InChI=1S/C9H4ClF3O3/c10-5-3-1-2-4-6(5)8(15,9(11,12)13)16-7(4)14/h1-3,15H/t8-/m0/s1. The number of aliphatic hydroxyl groups is 1. The maximum atomic E-state index is 12.6. The van der Waals surface area contributed by atoms with Crippen molar-refractivity contribution in [1.29, 1.82) is 0 Å². The van der Waals surface area contributed by atoms with Crippen LogP contribution in [0, 0.1) is 0 Å². The molecule has 0 saturated heterocycles. The van der Waals surface area contributed by atoms with Crippen LogP contribution >= 0.6 is 11.6 Å². The number of hydrogen-bond donors (Lipinski definition) is 1. The number of fused-ring (bicyclic) bond motifs is 1. The summed E-state index contributed by atoms with van der Waals surface area (Å²) in [5, 5.41) is 9.01. The molecule has 0 aromatic heterocycles. The molecule has 7 heteroatoms. The van der Waals surface area contributed by atoms with Crippen molar-refractivity contribution in [3.63, 3.8) is 0 Å². The van der Waals surface area contributed by atoms with E-state index in [4.69, 9.17) is 11.6 Å². The fraction of sp³-hybridized carbons (Fsp3) is 0.222. The summed E-state index contributed by atoms with van der Waals surface area (Å²) in [5.41, 5.74) is -1.14. The first-order valence-corrected chi connectivity index (χ1v) is 4.46. The van der Waals surface area contributed by atoms with E-state index in [1.807, 2.05) is 0 Å². The number of halogens is 4. The molecule has 1 N–H and O–H groups in total. The lowest BCUT2D eigenvalue weighted by Gasteiger charge is -2.25. The number of carbonyl (C=O) groups is 1. The molecule has 0 bridgehead atoms. The number of ether oxygens (including phenoxy) is 1. The van der Waals surface area contributed by atoms with Gasteiger partial charge in [0.25, 0.3) is 0 Å². The van der Waals surface area contributed by atoms with Crippen molar-refractivity contribution in [2.24, 2.45) is 0 Å². The molecule has 86 valence electrons. The van der Waals surface area contributed by atoms with Gasteiger partial charge in [-0.2, -0.15) is 13.2 Å². The van der Waals surface area contributed by atoms with Crippen molar-refractivity contribution in [3.8, 4) is 0 Å². The highest BCUT2D eigenvalue weighted by atomic mass is 35.5. The quantitative estimate of drug-likeness (QED) is 0.720. The summed E-state index contributed by atoms with van der Waals surface area (Å²) in [4.78, 5) is 11.1. The van der Waals surface area contributed by atoms with E-state index < -0.39 is 23.5 Å². The Kier molecular flexibility index (Phi) is 2.18. The molecule has 1 atom stereocenters. The molecule has 1 aliphatic heterocycles. The van der Waals surface area contributed by atoms with Crippen molar-refractivity contribution in [2.45, 2.75) is 12.0 Å². The SMILES string of the molecule is O=C1O[C@](O)(C(F)(F)F)c2c(Cl)cccc21. The first-order valence-electron chi connectivity index (χ1n) is 4.09. The van der Waals surface area contributed by atoms with Gasteiger partial charge in [-0.05, 0) is 12.1 Å². The van der Waals surface area contributed by atoms with Gasteiger partial charge in [-0.3, -0.25) is 0 Å². The number of hydrogen-bond acceptors (Lipinski definition) is 3. The molecule has 0 amide bonds. The molecular weight excluding hydrogens is 249 g/mol. The molecule has 0 saturated carbocycles. The van der Waals surface area contributed by atoms with Crippen LogP contribution < -0.4 is 0 Å². The minimum absolute atomic E-state index is 0.372. The number of carbonyl (C=O) groups excluding carboxylic acids is 1. The Morgan fingerprint density at radius 1 is 1.38 bits per heavy atom. The smallest absolute Gasteiger partial charge is 0.415 e. The average Bonchev–Trinajstić information content (AvgIpc) is 2.40. The minimum Gasteiger partial charge on any atom is -0.415 e. The van der Waals surface area contributed by atoms with E-state index in [2.05, 4.69) is 4.74 Å². The van der Waals surface area contributed by atoms with E-state index in [1.165, 1.54) is 6.07 Å². The summed E-state index contributed by atoms with van der Waals surface area (Å²) in [5.74, 6) is -4.91. The van der Waals surface area contributed by atoms with E-state index >= 15 is 0 Å². The number of benzene rings is 1. The highest BCUT2D eigenvalue weighted by molar-refractivity contribution is 6.32. The normalized spacial score (nSPS) is 24.2. The maximum Gasteiger partial charge on any atom is 0.460 e. The van der Waals surface area contributed by atoms with Gasteiger partial charge in [0.1, 0.15) is 0 Å². The second-order valence-corrected chi connectivity index (χ2v) is 3.60. The van der Waals surface area contributed by atoms with E-state index in [0.717, 1.165) is 12.1 Å². The molecule has 0 aliphatic carbocycles. The van der Waals surface area contributed by atoms with Crippen LogP contribution in [-0.4, -0.2) is 17.3 Å². The van der Waals surface area contributed by atoms with Crippen LogP contribution in [-0.2, 0) is 10.5 Å². The van der Waals surface area contributed by atoms with E-state index in [-0.39, 0.29) is 10.6 Å². The molecule has 0 spiro atoms. The minimum atomic E-state index is -5.14. The highest BCUT2D eigenvalue weighted by Gasteiger charge is 2.64. The molecule has 1 aliphatic rings. The second kappa shape index (κ2) is 3.11. The maximum absolute atomic E-state index is 12.6. The molecule has 16 heavy (non-hydrogen) atoms. The third kappa shape index (κ3) is 1.30. The van der Waals surface area contributed by atoms with Gasteiger partial charge in [-0.15, -0.1) is 0 Å². The summed E-state index contributed by atoms with van der Waals surface area (Å²) < 4.78 is 41.7.